The van der Waals surface area contributed by atoms with Gasteiger partial charge in [-0.15, -0.1) is 0 Å². The Morgan fingerprint density at radius 2 is 2.33 bits per heavy atom. The highest BCUT2D eigenvalue weighted by Gasteiger charge is 2.13. The van der Waals surface area contributed by atoms with Gasteiger partial charge in [0.05, 0.1) is 18.1 Å². The average Bonchev–Trinajstić information content (AvgIpc) is 2.27. The van der Waals surface area contributed by atoms with Gasteiger partial charge in [0.25, 0.3) is 0 Å². The molecule has 1 heterocycles. The summed E-state index contributed by atoms with van der Waals surface area (Å²) in [4.78, 5) is 15.0. The maximum atomic E-state index is 10.8. The molecular formula is C13H17N3O2. The van der Waals surface area contributed by atoms with Crippen LogP contribution in [0.2, 0.25) is 0 Å². The molecule has 0 fully saturated rings. The molecule has 1 unspecified atom stereocenters. The third kappa shape index (κ3) is 4.42. The predicted octanol–water partition coefficient (Wildman–Crippen LogP) is 2.32. The molecule has 0 spiro atoms. The van der Waals surface area contributed by atoms with Crippen LogP contribution in [0.1, 0.15) is 37.4 Å². The van der Waals surface area contributed by atoms with Gasteiger partial charge in [-0.2, -0.15) is 5.26 Å². The lowest BCUT2D eigenvalue weighted by molar-refractivity contribution is -0.137. The standard InChI is InChI=1S/C13H17N3O2/c1-3-4-11(7-13(17)18)16-12-6-10(8-14)5-9(2)15-12/h5-6,11H,3-4,7H2,1-2H3,(H,15,16)(H,17,18). The van der Waals surface area contributed by atoms with E-state index in [-0.39, 0.29) is 12.5 Å². The van der Waals surface area contributed by atoms with Crippen LogP contribution in [0.25, 0.3) is 0 Å². The van der Waals surface area contributed by atoms with Crippen molar-refractivity contribution in [3.63, 3.8) is 0 Å². The molecule has 0 aliphatic carbocycles. The molecule has 1 aromatic rings. The molecule has 1 rings (SSSR count). The number of pyridine rings is 1. The molecule has 0 amide bonds. The smallest absolute Gasteiger partial charge is 0.305 e. The van der Waals surface area contributed by atoms with Crippen molar-refractivity contribution < 1.29 is 9.90 Å². The minimum absolute atomic E-state index is 0.0470. The van der Waals surface area contributed by atoms with E-state index in [0.29, 0.717) is 11.4 Å². The minimum atomic E-state index is -0.839. The summed E-state index contributed by atoms with van der Waals surface area (Å²) in [6.45, 7) is 3.80. The largest absolute Gasteiger partial charge is 0.481 e. The molecule has 5 heteroatoms. The Morgan fingerprint density at radius 3 is 2.89 bits per heavy atom. The van der Waals surface area contributed by atoms with Crippen LogP contribution in [-0.2, 0) is 4.79 Å². The van der Waals surface area contributed by atoms with Crippen LogP contribution in [0.3, 0.4) is 0 Å². The van der Waals surface area contributed by atoms with Crippen molar-refractivity contribution in [3.8, 4) is 6.07 Å². The molecule has 0 bridgehead atoms. The van der Waals surface area contributed by atoms with Gasteiger partial charge in [0.15, 0.2) is 0 Å². The van der Waals surface area contributed by atoms with Gasteiger partial charge in [-0.05, 0) is 25.5 Å². The zero-order valence-electron chi connectivity index (χ0n) is 10.6. The van der Waals surface area contributed by atoms with Crippen molar-refractivity contribution in [1.29, 1.82) is 5.26 Å². The number of nitrogens with zero attached hydrogens (tertiary/aromatic N) is 2. The number of nitrogens with one attached hydrogen (secondary N) is 1. The van der Waals surface area contributed by atoms with Crippen LogP contribution in [0.15, 0.2) is 12.1 Å². The Hall–Kier alpha value is -2.09. The van der Waals surface area contributed by atoms with E-state index >= 15 is 0 Å². The number of aryl methyl sites for hydroxylation is 1. The molecule has 0 aromatic carbocycles. The summed E-state index contributed by atoms with van der Waals surface area (Å²) in [5.41, 5.74) is 1.26. The van der Waals surface area contributed by atoms with Crippen molar-refractivity contribution >= 4 is 11.8 Å². The lowest BCUT2D eigenvalue weighted by Gasteiger charge is -2.17. The summed E-state index contributed by atoms with van der Waals surface area (Å²) in [6.07, 6.45) is 1.69. The topological polar surface area (TPSA) is 86.0 Å². The van der Waals surface area contributed by atoms with E-state index in [2.05, 4.69) is 16.4 Å². The molecule has 18 heavy (non-hydrogen) atoms. The van der Waals surface area contributed by atoms with Crippen LogP contribution in [0, 0.1) is 18.3 Å². The van der Waals surface area contributed by atoms with Gasteiger partial charge in [0, 0.05) is 11.7 Å². The van der Waals surface area contributed by atoms with E-state index in [0.717, 1.165) is 18.5 Å². The predicted molar refractivity (Wildman–Crippen MR) is 68.3 cm³/mol. The lowest BCUT2D eigenvalue weighted by Crippen LogP contribution is -2.23. The summed E-state index contributed by atoms with van der Waals surface area (Å²) in [5.74, 6) is -0.277. The molecule has 0 saturated heterocycles. The number of aromatic nitrogens is 1. The highest BCUT2D eigenvalue weighted by molar-refractivity contribution is 5.68. The quantitative estimate of drug-likeness (QED) is 0.805. The number of carboxylic acids is 1. The number of rotatable bonds is 6. The maximum absolute atomic E-state index is 10.8. The summed E-state index contributed by atoms with van der Waals surface area (Å²) in [6, 6.07) is 5.23. The van der Waals surface area contributed by atoms with Gasteiger partial charge < -0.3 is 10.4 Å². The van der Waals surface area contributed by atoms with Crippen LogP contribution in [0.5, 0.6) is 0 Å². The number of anilines is 1. The third-order valence-electron chi connectivity index (χ3n) is 2.49. The van der Waals surface area contributed by atoms with Crippen LogP contribution in [-0.4, -0.2) is 22.1 Å². The van der Waals surface area contributed by atoms with Crippen molar-refractivity contribution in [2.24, 2.45) is 0 Å². The first kappa shape index (κ1) is 14.0. The van der Waals surface area contributed by atoms with Crippen molar-refractivity contribution in [2.75, 3.05) is 5.32 Å². The zero-order chi connectivity index (χ0) is 13.5. The highest BCUT2D eigenvalue weighted by Crippen LogP contribution is 2.14. The first-order valence-electron chi connectivity index (χ1n) is 5.92. The number of hydrogen-bond acceptors (Lipinski definition) is 4. The Morgan fingerprint density at radius 1 is 1.61 bits per heavy atom. The molecule has 0 radical (unpaired) electrons. The van der Waals surface area contributed by atoms with Crippen molar-refractivity contribution in [1.82, 2.24) is 4.98 Å². The zero-order valence-corrected chi connectivity index (χ0v) is 10.6. The van der Waals surface area contributed by atoms with E-state index in [9.17, 15) is 4.79 Å². The molecule has 0 saturated carbocycles. The Kier molecular flexibility index (Phi) is 5.12. The summed E-state index contributed by atoms with van der Waals surface area (Å²) < 4.78 is 0. The normalized spacial score (nSPS) is 11.6. The molecule has 1 atom stereocenters. The second-order valence-electron chi connectivity index (χ2n) is 4.22. The summed E-state index contributed by atoms with van der Waals surface area (Å²) >= 11 is 0. The second-order valence-corrected chi connectivity index (χ2v) is 4.22. The van der Waals surface area contributed by atoms with E-state index in [4.69, 9.17) is 10.4 Å². The number of carbonyl (C=O) groups is 1. The summed E-state index contributed by atoms with van der Waals surface area (Å²) in [7, 11) is 0. The van der Waals surface area contributed by atoms with Gasteiger partial charge >= 0.3 is 5.97 Å². The van der Waals surface area contributed by atoms with Crippen molar-refractivity contribution in [2.45, 2.75) is 39.2 Å². The Bertz CT molecular complexity index is 466. The Balaban J connectivity index is 2.83. The molecule has 2 N–H and O–H groups in total. The molecule has 5 nitrogen and oxygen atoms in total. The van der Waals surface area contributed by atoms with E-state index in [1.807, 2.05) is 6.92 Å². The van der Waals surface area contributed by atoms with Gasteiger partial charge in [0.2, 0.25) is 0 Å². The fraction of sp³-hybridized carbons (Fsp3) is 0.462. The van der Waals surface area contributed by atoms with E-state index < -0.39 is 5.97 Å². The van der Waals surface area contributed by atoms with E-state index in [1.54, 1.807) is 19.1 Å². The summed E-state index contributed by atoms with van der Waals surface area (Å²) in [5, 5.41) is 20.8. The van der Waals surface area contributed by atoms with Crippen molar-refractivity contribution in [3.05, 3.63) is 23.4 Å². The highest BCUT2D eigenvalue weighted by atomic mass is 16.4. The lowest BCUT2D eigenvalue weighted by atomic mass is 10.1. The minimum Gasteiger partial charge on any atom is -0.481 e. The van der Waals surface area contributed by atoms with E-state index in [1.165, 1.54) is 0 Å². The monoisotopic (exact) mass is 247 g/mol. The van der Waals surface area contributed by atoms with Crippen LogP contribution < -0.4 is 5.32 Å². The molecule has 0 aliphatic rings. The number of nitriles is 1. The number of aliphatic carboxylic acids is 1. The van der Waals surface area contributed by atoms with Gasteiger partial charge in [-0.1, -0.05) is 13.3 Å². The van der Waals surface area contributed by atoms with Crippen LogP contribution in [0.4, 0.5) is 5.82 Å². The fourth-order valence-corrected chi connectivity index (χ4v) is 1.80. The number of hydrogen-bond donors (Lipinski definition) is 2. The van der Waals surface area contributed by atoms with Gasteiger partial charge in [0.1, 0.15) is 5.82 Å². The first-order chi connectivity index (χ1) is 8.55. The number of carboxylic acid groups (broad SMARTS) is 1. The first-order valence-corrected chi connectivity index (χ1v) is 5.92. The fourth-order valence-electron chi connectivity index (χ4n) is 1.80. The SMILES string of the molecule is CCCC(CC(=O)O)Nc1cc(C#N)cc(C)n1. The third-order valence-corrected chi connectivity index (χ3v) is 2.49. The molecule has 0 aliphatic heterocycles. The van der Waals surface area contributed by atoms with Gasteiger partial charge in [-0.3, -0.25) is 4.79 Å². The average molecular weight is 247 g/mol. The van der Waals surface area contributed by atoms with Gasteiger partial charge in [-0.25, -0.2) is 4.98 Å². The molecule has 1 aromatic heterocycles. The van der Waals surface area contributed by atoms with Crippen LogP contribution >= 0.6 is 0 Å². The second kappa shape index (κ2) is 6.60. The maximum Gasteiger partial charge on any atom is 0.305 e. The molecular weight excluding hydrogens is 230 g/mol. The Labute approximate surface area is 106 Å². The molecule has 96 valence electrons.